The Morgan fingerprint density at radius 3 is 2.78 bits per heavy atom. The van der Waals surface area contributed by atoms with Gasteiger partial charge in [0.05, 0.1) is 18.5 Å². The van der Waals surface area contributed by atoms with Gasteiger partial charge in [-0.3, -0.25) is 0 Å². The van der Waals surface area contributed by atoms with Crippen LogP contribution in [0.15, 0.2) is 12.4 Å². The van der Waals surface area contributed by atoms with E-state index in [1.165, 1.54) is 0 Å². The Morgan fingerprint density at radius 2 is 2.17 bits per heavy atom. The van der Waals surface area contributed by atoms with Crippen LogP contribution in [0.5, 0.6) is 0 Å². The van der Waals surface area contributed by atoms with Gasteiger partial charge in [-0.15, -0.1) is 0 Å². The summed E-state index contributed by atoms with van der Waals surface area (Å²) in [5, 5.41) is 9.88. The van der Waals surface area contributed by atoms with Gasteiger partial charge in [0, 0.05) is 19.0 Å². The van der Waals surface area contributed by atoms with Gasteiger partial charge < -0.3 is 15.7 Å². The van der Waals surface area contributed by atoms with Crippen LogP contribution in [0.25, 0.3) is 0 Å². The number of aliphatic hydroxyl groups is 1. The average Bonchev–Trinajstić information content (AvgIpc) is 2.92. The van der Waals surface area contributed by atoms with Gasteiger partial charge in [0.1, 0.15) is 16.5 Å². The Morgan fingerprint density at radius 1 is 1.33 bits per heavy atom. The molecule has 1 saturated carbocycles. The average molecular weight is 264 g/mol. The molecule has 3 rings (SSSR count). The van der Waals surface area contributed by atoms with Crippen LogP contribution in [-0.2, 0) is 0 Å². The molecule has 1 aromatic heterocycles. The zero-order valence-electron chi connectivity index (χ0n) is 9.99. The highest BCUT2D eigenvalue weighted by atomic mass is 32.1. The lowest BCUT2D eigenvalue weighted by molar-refractivity contribution is 0.133. The third-order valence-corrected chi connectivity index (χ3v) is 4.24. The van der Waals surface area contributed by atoms with Crippen LogP contribution >= 0.6 is 12.2 Å². The number of aromatic nitrogens is 2. The lowest BCUT2D eigenvalue weighted by atomic mass is 10.00. The Bertz CT molecular complexity index is 464. The minimum absolute atomic E-state index is 0.149. The largest absolute Gasteiger partial charge is 0.393 e. The van der Waals surface area contributed by atoms with Crippen molar-refractivity contribution in [2.24, 2.45) is 17.6 Å². The lowest BCUT2D eigenvalue weighted by Gasteiger charge is -2.18. The molecule has 0 spiro atoms. The van der Waals surface area contributed by atoms with Gasteiger partial charge in [-0.25, -0.2) is 9.97 Å². The predicted octanol–water partition coefficient (Wildman–Crippen LogP) is 0.318. The molecule has 1 saturated heterocycles. The number of hydrogen-bond acceptors (Lipinski definition) is 5. The topological polar surface area (TPSA) is 75.3 Å². The molecule has 5 nitrogen and oxygen atoms in total. The van der Waals surface area contributed by atoms with E-state index in [0.717, 1.165) is 31.7 Å². The molecular weight excluding hydrogens is 248 g/mol. The van der Waals surface area contributed by atoms with Crippen LogP contribution < -0.4 is 10.6 Å². The second-order valence-electron chi connectivity index (χ2n) is 5.10. The molecule has 3 atom stereocenters. The van der Waals surface area contributed by atoms with Crippen LogP contribution in [0.2, 0.25) is 0 Å². The summed E-state index contributed by atoms with van der Waals surface area (Å²) in [5.74, 6) is 1.83. The maximum atomic E-state index is 9.88. The Balaban J connectivity index is 1.75. The summed E-state index contributed by atoms with van der Waals surface area (Å²) in [5.41, 5.74) is 6.04. The molecule has 1 aliphatic carbocycles. The molecule has 1 aromatic rings. The van der Waals surface area contributed by atoms with Gasteiger partial charge in [0.25, 0.3) is 0 Å². The van der Waals surface area contributed by atoms with E-state index in [0.29, 0.717) is 17.5 Å². The first-order chi connectivity index (χ1) is 8.65. The fraction of sp³-hybridized carbons (Fsp3) is 0.583. The maximum absolute atomic E-state index is 9.88. The first-order valence-electron chi connectivity index (χ1n) is 6.20. The van der Waals surface area contributed by atoms with Gasteiger partial charge in [-0.2, -0.15) is 0 Å². The molecule has 0 aromatic carbocycles. The van der Waals surface area contributed by atoms with E-state index in [2.05, 4.69) is 14.9 Å². The molecule has 0 radical (unpaired) electrons. The van der Waals surface area contributed by atoms with Crippen molar-refractivity contribution >= 4 is 23.0 Å². The van der Waals surface area contributed by atoms with Crippen molar-refractivity contribution in [3.05, 3.63) is 18.1 Å². The highest BCUT2D eigenvalue weighted by Crippen LogP contribution is 2.39. The number of rotatable bonds is 2. The van der Waals surface area contributed by atoms with E-state index in [4.69, 9.17) is 18.0 Å². The summed E-state index contributed by atoms with van der Waals surface area (Å²) < 4.78 is 0. The first kappa shape index (κ1) is 11.8. The van der Waals surface area contributed by atoms with Crippen molar-refractivity contribution < 1.29 is 5.11 Å². The zero-order valence-corrected chi connectivity index (χ0v) is 10.8. The van der Waals surface area contributed by atoms with Gasteiger partial charge in [0.15, 0.2) is 0 Å². The number of anilines is 1. The van der Waals surface area contributed by atoms with E-state index < -0.39 is 0 Å². The summed E-state index contributed by atoms with van der Waals surface area (Å²) >= 11 is 4.85. The van der Waals surface area contributed by atoms with E-state index >= 15 is 0 Å². The van der Waals surface area contributed by atoms with Crippen molar-refractivity contribution in [1.29, 1.82) is 0 Å². The number of nitrogens with zero attached hydrogens (tertiary/aromatic N) is 3. The molecule has 3 unspecified atom stereocenters. The maximum Gasteiger partial charge on any atom is 0.147 e. The molecule has 3 N–H and O–H groups in total. The normalized spacial score (nSPS) is 30.5. The van der Waals surface area contributed by atoms with Crippen molar-refractivity contribution in [1.82, 2.24) is 9.97 Å². The van der Waals surface area contributed by atoms with Crippen molar-refractivity contribution in [2.45, 2.75) is 18.9 Å². The smallest absolute Gasteiger partial charge is 0.147 e. The van der Waals surface area contributed by atoms with Gasteiger partial charge in [-0.1, -0.05) is 12.2 Å². The molecule has 0 amide bonds. The molecule has 0 bridgehead atoms. The molecule has 2 fully saturated rings. The fourth-order valence-corrected chi connectivity index (χ4v) is 3.14. The van der Waals surface area contributed by atoms with E-state index in [9.17, 15) is 5.11 Å². The lowest BCUT2D eigenvalue weighted by Crippen LogP contribution is -2.25. The fourth-order valence-electron chi connectivity index (χ4n) is 3.04. The molecular formula is C12H16N4OS. The third kappa shape index (κ3) is 1.95. The van der Waals surface area contributed by atoms with Crippen LogP contribution in [0.4, 0.5) is 5.82 Å². The highest BCUT2D eigenvalue weighted by Gasteiger charge is 2.42. The van der Waals surface area contributed by atoms with Crippen molar-refractivity contribution in [3.8, 4) is 0 Å². The SMILES string of the molecule is NC(=S)c1cnc(N2CC3CCC(O)C3C2)cn1. The van der Waals surface area contributed by atoms with Crippen LogP contribution in [-0.4, -0.2) is 39.3 Å². The summed E-state index contributed by atoms with van der Waals surface area (Å²) in [6, 6.07) is 0. The highest BCUT2D eigenvalue weighted by molar-refractivity contribution is 7.80. The van der Waals surface area contributed by atoms with Crippen molar-refractivity contribution in [2.75, 3.05) is 18.0 Å². The molecule has 96 valence electrons. The monoisotopic (exact) mass is 264 g/mol. The van der Waals surface area contributed by atoms with Gasteiger partial charge in [0.2, 0.25) is 0 Å². The van der Waals surface area contributed by atoms with E-state index in [-0.39, 0.29) is 11.1 Å². The summed E-state index contributed by atoms with van der Waals surface area (Å²) in [4.78, 5) is 11.0. The van der Waals surface area contributed by atoms with Gasteiger partial charge >= 0.3 is 0 Å². The molecule has 6 heteroatoms. The Hall–Kier alpha value is -1.27. The number of nitrogens with two attached hydrogens (primary N) is 1. The quantitative estimate of drug-likeness (QED) is 0.749. The van der Waals surface area contributed by atoms with E-state index in [1.54, 1.807) is 12.4 Å². The number of fused-ring (bicyclic) bond motifs is 1. The second-order valence-corrected chi connectivity index (χ2v) is 5.54. The van der Waals surface area contributed by atoms with Crippen LogP contribution in [0.1, 0.15) is 18.5 Å². The Labute approximate surface area is 111 Å². The van der Waals surface area contributed by atoms with Crippen LogP contribution in [0, 0.1) is 11.8 Å². The van der Waals surface area contributed by atoms with Crippen LogP contribution in [0.3, 0.4) is 0 Å². The number of aliphatic hydroxyl groups excluding tert-OH is 1. The molecule has 2 aliphatic rings. The summed E-state index contributed by atoms with van der Waals surface area (Å²) in [7, 11) is 0. The third-order valence-electron chi connectivity index (χ3n) is 4.03. The Kier molecular flexibility index (Phi) is 2.91. The second kappa shape index (κ2) is 4.44. The number of thiocarbonyl (C=S) groups is 1. The molecule has 18 heavy (non-hydrogen) atoms. The van der Waals surface area contributed by atoms with E-state index in [1.807, 2.05) is 0 Å². The zero-order chi connectivity index (χ0) is 12.7. The minimum Gasteiger partial charge on any atom is -0.393 e. The predicted molar refractivity (Wildman–Crippen MR) is 72.4 cm³/mol. The summed E-state index contributed by atoms with van der Waals surface area (Å²) in [6.45, 7) is 1.83. The first-order valence-corrected chi connectivity index (χ1v) is 6.61. The molecule has 1 aliphatic heterocycles. The number of hydrogen-bond donors (Lipinski definition) is 2. The van der Waals surface area contributed by atoms with Crippen molar-refractivity contribution in [3.63, 3.8) is 0 Å². The standard InChI is InChI=1S/C12H16N4OS/c13-12(18)9-3-15-11(4-14-9)16-5-7-1-2-10(17)8(7)6-16/h3-4,7-8,10,17H,1-2,5-6H2,(H2,13,18). The molecule has 2 heterocycles. The summed E-state index contributed by atoms with van der Waals surface area (Å²) in [6.07, 6.45) is 5.23. The minimum atomic E-state index is -0.149. The van der Waals surface area contributed by atoms with Gasteiger partial charge in [-0.05, 0) is 18.8 Å².